The molecule has 8 heteroatoms. The summed E-state index contributed by atoms with van der Waals surface area (Å²) in [6, 6.07) is 8.54. The number of carbonyl (C=O) groups is 1. The van der Waals surface area contributed by atoms with Crippen LogP contribution in [0.15, 0.2) is 29.3 Å². The number of carbonyl (C=O) groups excluding carboxylic acids is 1. The minimum absolute atomic E-state index is 0. The Morgan fingerprint density at radius 1 is 1.28 bits per heavy atom. The number of hydrogen-bond donors (Lipinski definition) is 3. The van der Waals surface area contributed by atoms with Crippen molar-refractivity contribution in [3.63, 3.8) is 0 Å². The van der Waals surface area contributed by atoms with E-state index in [4.69, 9.17) is 10.5 Å². The zero-order valence-electron chi connectivity index (χ0n) is 18.0. The number of para-hydroxylation sites is 1. The number of hydrogen-bond acceptors (Lipinski definition) is 4. The van der Waals surface area contributed by atoms with Crippen molar-refractivity contribution in [1.29, 1.82) is 0 Å². The first-order chi connectivity index (χ1) is 13.3. The molecule has 164 valence electrons. The average molecular weight is 517 g/mol. The van der Waals surface area contributed by atoms with Crippen molar-refractivity contribution in [3.05, 3.63) is 29.8 Å². The van der Waals surface area contributed by atoms with Crippen LogP contribution in [0.3, 0.4) is 0 Å². The number of primary amides is 1. The molecular formula is C21H36IN5O2. The zero-order chi connectivity index (χ0) is 20.6. The van der Waals surface area contributed by atoms with Crippen molar-refractivity contribution >= 4 is 35.8 Å². The molecular weight excluding hydrogens is 481 g/mol. The highest BCUT2D eigenvalue weighted by Gasteiger charge is 2.21. The fraction of sp³-hybridized carbons (Fsp3) is 0.619. The molecule has 1 amide bonds. The van der Waals surface area contributed by atoms with Crippen LogP contribution >= 0.6 is 24.0 Å². The second-order valence-corrected chi connectivity index (χ2v) is 8.25. The standard InChI is InChI=1S/C21H35N5O2.HI/c1-21(2,3)17-7-5-6-8-18(17)28-14-11-24-20(23-4)25-16-9-12-26(13-10-16)15-19(22)27;/h5-8,16H,9-15H2,1-4H3,(H2,22,27)(H2,23,24,25);1H. The summed E-state index contributed by atoms with van der Waals surface area (Å²) in [5.41, 5.74) is 6.52. The molecule has 4 N–H and O–H groups in total. The maximum atomic E-state index is 11.0. The first-order valence-corrected chi connectivity index (χ1v) is 9.99. The number of nitrogens with zero attached hydrogens (tertiary/aromatic N) is 2. The number of amides is 1. The molecule has 1 aliphatic heterocycles. The van der Waals surface area contributed by atoms with Crippen LogP contribution in [0.25, 0.3) is 0 Å². The van der Waals surface area contributed by atoms with Crippen LogP contribution in [0.4, 0.5) is 0 Å². The Balaban J connectivity index is 0.00000420. The van der Waals surface area contributed by atoms with Gasteiger partial charge < -0.3 is 21.1 Å². The Bertz CT molecular complexity index is 667. The number of halogens is 1. The number of likely N-dealkylation sites (tertiary alicyclic amines) is 1. The number of nitrogens with two attached hydrogens (primary N) is 1. The summed E-state index contributed by atoms with van der Waals surface area (Å²) in [6.07, 6.45) is 1.92. The lowest BCUT2D eigenvalue weighted by Crippen LogP contribution is -2.50. The molecule has 1 aromatic carbocycles. The molecule has 0 spiro atoms. The minimum atomic E-state index is -0.267. The van der Waals surface area contributed by atoms with E-state index in [1.54, 1.807) is 7.05 Å². The van der Waals surface area contributed by atoms with E-state index in [-0.39, 0.29) is 35.3 Å². The summed E-state index contributed by atoms with van der Waals surface area (Å²) in [6.45, 7) is 9.86. The van der Waals surface area contributed by atoms with E-state index in [0.29, 0.717) is 25.7 Å². The van der Waals surface area contributed by atoms with E-state index in [9.17, 15) is 4.79 Å². The Morgan fingerprint density at radius 3 is 2.52 bits per heavy atom. The van der Waals surface area contributed by atoms with Gasteiger partial charge in [-0.15, -0.1) is 24.0 Å². The smallest absolute Gasteiger partial charge is 0.231 e. The van der Waals surface area contributed by atoms with E-state index in [1.807, 2.05) is 18.2 Å². The number of piperidine rings is 1. The van der Waals surface area contributed by atoms with Gasteiger partial charge in [0.15, 0.2) is 5.96 Å². The first kappa shape index (κ1) is 25.5. The highest BCUT2D eigenvalue weighted by atomic mass is 127. The predicted octanol–water partition coefficient (Wildman–Crippen LogP) is 2.10. The van der Waals surface area contributed by atoms with Crippen molar-refractivity contribution in [2.24, 2.45) is 10.7 Å². The maximum Gasteiger partial charge on any atom is 0.231 e. The number of aliphatic imine (C=N–C) groups is 1. The van der Waals surface area contributed by atoms with Gasteiger partial charge in [0.1, 0.15) is 12.4 Å². The van der Waals surface area contributed by atoms with Gasteiger partial charge in [-0.2, -0.15) is 0 Å². The topological polar surface area (TPSA) is 92.0 Å². The Labute approximate surface area is 191 Å². The van der Waals surface area contributed by atoms with Gasteiger partial charge in [-0.1, -0.05) is 39.0 Å². The normalized spacial score (nSPS) is 16.1. The quantitative estimate of drug-likeness (QED) is 0.223. The molecule has 2 rings (SSSR count). The summed E-state index contributed by atoms with van der Waals surface area (Å²) < 4.78 is 6.00. The molecule has 0 radical (unpaired) electrons. The molecule has 1 aliphatic rings. The third-order valence-corrected chi connectivity index (χ3v) is 4.88. The predicted molar refractivity (Wildman–Crippen MR) is 129 cm³/mol. The van der Waals surface area contributed by atoms with E-state index >= 15 is 0 Å². The fourth-order valence-electron chi connectivity index (χ4n) is 3.39. The second kappa shape index (κ2) is 12.2. The summed E-state index contributed by atoms with van der Waals surface area (Å²) in [5, 5.41) is 6.77. The van der Waals surface area contributed by atoms with Crippen molar-refractivity contribution in [3.8, 4) is 5.75 Å². The SMILES string of the molecule is CN=C(NCCOc1ccccc1C(C)(C)C)NC1CCN(CC(N)=O)CC1.I. The molecule has 0 atom stereocenters. The van der Waals surface area contributed by atoms with Gasteiger partial charge in [0.05, 0.1) is 13.1 Å². The molecule has 0 bridgehead atoms. The summed E-state index contributed by atoms with van der Waals surface area (Å²) in [4.78, 5) is 17.4. The van der Waals surface area contributed by atoms with Crippen LogP contribution in [-0.2, 0) is 10.2 Å². The molecule has 0 saturated carbocycles. The number of nitrogens with one attached hydrogen (secondary N) is 2. The van der Waals surface area contributed by atoms with Crippen molar-refractivity contribution in [2.45, 2.75) is 45.1 Å². The number of guanidine groups is 1. The maximum absolute atomic E-state index is 11.0. The van der Waals surface area contributed by atoms with Gasteiger partial charge in [-0.25, -0.2) is 0 Å². The van der Waals surface area contributed by atoms with Gasteiger partial charge in [0, 0.05) is 26.2 Å². The molecule has 1 aromatic rings. The van der Waals surface area contributed by atoms with Gasteiger partial charge in [0.2, 0.25) is 5.91 Å². The minimum Gasteiger partial charge on any atom is -0.491 e. The number of benzene rings is 1. The molecule has 7 nitrogen and oxygen atoms in total. The molecule has 1 fully saturated rings. The van der Waals surface area contributed by atoms with Crippen molar-refractivity contribution < 1.29 is 9.53 Å². The summed E-state index contributed by atoms with van der Waals surface area (Å²) >= 11 is 0. The number of rotatable bonds is 7. The third-order valence-electron chi connectivity index (χ3n) is 4.88. The van der Waals surface area contributed by atoms with Crippen LogP contribution in [-0.4, -0.2) is 62.6 Å². The van der Waals surface area contributed by atoms with E-state index in [1.165, 1.54) is 5.56 Å². The largest absolute Gasteiger partial charge is 0.491 e. The van der Waals surface area contributed by atoms with Crippen LogP contribution in [0, 0.1) is 0 Å². The van der Waals surface area contributed by atoms with Crippen LogP contribution < -0.4 is 21.1 Å². The van der Waals surface area contributed by atoms with Gasteiger partial charge >= 0.3 is 0 Å². The lowest BCUT2D eigenvalue weighted by atomic mass is 9.86. The third kappa shape index (κ3) is 8.77. The lowest BCUT2D eigenvalue weighted by Gasteiger charge is -2.32. The van der Waals surface area contributed by atoms with E-state index < -0.39 is 0 Å². The molecule has 1 saturated heterocycles. The molecule has 0 aromatic heterocycles. The highest BCUT2D eigenvalue weighted by Crippen LogP contribution is 2.30. The Kier molecular flexibility index (Phi) is 10.7. The van der Waals surface area contributed by atoms with Crippen molar-refractivity contribution in [1.82, 2.24) is 15.5 Å². The highest BCUT2D eigenvalue weighted by molar-refractivity contribution is 14.0. The van der Waals surface area contributed by atoms with E-state index in [2.05, 4.69) is 47.4 Å². The van der Waals surface area contributed by atoms with Crippen LogP contribution in [0.1, 0.15) is 39.2 Å². The summed E-state index contributed by atoms with van der Waals surface area (Å²) in [7, 11) is 1.77. The molecule has 0 aliphatic carbocycles. The lowest BCUT2D eigenvalue weighted by molar-refractivity contribution is -0.119. The average Bonchev–Trinajstić information content (AvgIpc) is 2.64. The zero-order valence-corrected chi connectivity index (χ0v) is 20.4. The van der Waals surface area contributed by atoms with Crippen LogP contribution in [0.5, 0.6) is 5.75 Å². The molecule has 0 unspecified atom stereocenters. The van der Waals surface area contributed by atoms with Crippen LogP contribution in [0.2, 0.25) is 0 Å². The number of ether oxygens (including phenoxy) is 1. The van der Waals surface area contributed by atoms with Gasteiger partial charge in [0.25, 0.3) is 0 Å². The van der Waals surface area contributed by atoms with Crippen molar-refractivity contribution in [2.75, 3.05) is 39.8 Å². The molecule has 1 heterocycles. The first-order valence-electron chi connectivity index (χ1n) is 9.99. The molecule has 29 heavy (non-hydrogen) atoms. The Hall–Kier alpha value is -1.55. The van der Waals surface area contributed by atoms with Gasteiger partial charge in [-0.05, 0) is 29.9 Å². The fourth-order valence-corrected chi connectivity index (χ4v) is 3.39. The van der Waals surface area contributed by atoms with Gasteiger partial charge in [-0.3, -0.25) is 14.7 Å². The second-order valence-electron chi connectivity index (χ2n) is 8.25. The monoisotopic (exact) mass is 517 g/mol. The van der Waals surface area contributed by atoms with E-state index in [0.717, 1.165) is 37.6 Å². The summed E-state index contributed by atoms with van der Waals surface area (Å²) in [5.74, 6) is 1.44. The Morgan fingerprint density at radius 2 is 1.93 bits per heavy atom.